The van der Waals surface area contributed by atoms with Crippen LogP contribution in [0.25, 0.3) is 0 Å². The predicted octanol–water partition coefficient (Wildman–Crippen LogP) is 2.86. The Hall–Kier alpha value is -2.24. The Morgan fingerprint density at radius 2 is 1.96 bits per heavy atom. The van der Waals surface area contributed by atoms with Gasteiger partial charge >= 0.3 is 0 Å². The fourth-order valence-corrected chi connectivity index (χ4v) is 3.62. The highest BCUT2D eigenvalue weighted by molar-refractivity contribution is 5.78. The maximum atomic E-state index is 13.2. The Bertz CT molecular complexity index is 737. The third kappa shape index (κ3) is 5.88. The number of carbonyl (C=O) groups excluding carboxylic acids is 1. The van der Waals surface area contributed by atoms with Crippen molar-refractivity contribution >= 4 is 5.91 Å². The van der Waals surface area contributed by atoms with Crippen molar-refractivity contribution in [2.24, 2.45) is 0 Å². The monoisotopic (exact) mass is 369 g/mol. The summed E-state index contributed by atoms with van der Waals surface area (Å²) in [4.78, 5) is 16.9. The molecule has 1 fully saturated rings. The number of hydrogen-bond acceptors (Lipinski definition) is 3. The Labute approximate surface area is 161 Å². The number of hydrogen-bond donors (Lipinski definition) is 1. The van der Waals surface area contributed by atoms with E-state index >= 15 is 0 Å². The molecule has 2 aromatic carbocycles. The standard InChI is InChI=1S/C22H28FN3O/c1-25-13-14-26(21(17-25)19-8-3-2-4-9-19)12-6-11-24-22(27)16-18-7-5-10-20(23)15-18/h2-5,7-10,15,21H,6,11-14,16-17H2,1H3,(H,24,27)/t21-/m0/s1. The molecule has 0 radical (unpaired) electrons. The van der Waals surface area contributed by atoms with E-state index in [0.717, 1.165) is 32.6 Å². The topological polar surface area (TPSA) is 35.6 Å². The van der Waals surface area contributed by atoms with Crippen molar-refractivity contribution in [3.63, 3.8) is 0 Å². The minimum Gasteiger partial charge on any atom is -0.356 e. The first-order valence-corrected chi connectivity index (χ1v) is 9.60. The van der Waals surface area contributed by atoms with Crippen LogP contribution in [0, 0.1) is 5.82 Å². The summed E-state index contributed by atoms with van der Waals surface area (Å²) in [5.41, 5.74) is 2.05. The smallest absolute Gasteiger partial charge is 0.224 e. The molecule has 5 heteroatoms. The van der Waals surface area contributed by atoms with Crippen LogP contribution in [-0.4, -0.2) is 55.5 Å². The lowest BCUT2D eigenvalue weighted by molar-refractivity contribution is -0.120. The maximum absolute atomic E-state index is 13.2. The summed E-state index contributed by atoms with van der Waals surface area (Å²) in [5.74, 6) is -0.360. The van der Waals surface area contributed by atoms with Gasteiger partial charge in [0.2, 0.25) is 5.91 Å². The number of benzene rings is 2. The molecule has 0 aliphatic carbocycles. The molecule has 1 atom stereocenters. The minimum atomic E-state index is -0.303. The van der Waals surface area contributed by atoms with Crippen molar-refractivity contribution < 1.29 is 9.18 Å². The number of carbonyl (C=O) groups is 1. The van der Waals surface area contributed by atoms with Crippen molar-refractivity contribution in [3.05, 3.63) is 71.5 Å². The highest BCUT2D eigenvalue weighted by Gasteiger charge is 2.25. The zero-order valence-electron chi connectivity index (χ0n) is 15.9. The summed E-state index contributed by atoms with van der Waals surface area (Å²) in [6.45, 7) is 4.72. The SMILES string of the molecule is CN1CCN(CCCNC(=O)Cc2cccc(F)c2)[C@H](c2ccccc2)C1. The van der Waals surface area contributed by atoms with E-state index in [9.17, 15) is 9.18 Å². The first-order chi connectivity index (χ1) is 13.1. The number of rotatable bonds is 7. The van der Waals surface area contributed by atoms with Gasteiger partial charge in [-0.1, -0.05) is 42.5 Å². The number of nitrogens with zero attached hydrogens (tertiary/aromatic N) is 2. The first-order valence-electron chi connectivity index (χ1n) is 9.60. The van der Waals surface area contributed by atoms with Crippen LogP contribution < -0.4 is 5.32 Å². The lowest BCUT2D eigenvalue weighted by atomic mass is 10.0. The fourth-order valence-electron chi connectivity index (χ4n) is 3.62. The lowest BCUT2D eigenvalue weighted by Gasteiger charge is -2.40. The molecule has 27 heavy (non-hydrogen) atoms. The molecule has 0 bridgehead atoms. The van der Waals surface area contributed by atoms with E-state index in [0.29, 0.717) is 18.2 Å². The van der Waals surface area contributed by atoms with Crippen LogP contribution in [0.3, 0.4) is 0 Å². The molecule has 0 spiro atoms. The summed E-state index contributed by atoms with van der Waals surface area (Å²) >= 11 is 0. The Balaban J connectivity index is 1.45. The van der Waals surface area contributed by atoms with Gasteiger partial charge in [-0.15, -0.1) is 0 Å². The number of amides is 1. The quantitative estimate of drug-likeness (QED) is 0.763. The molecule has 1 N–H and O–H groups in total. The van der Waals surface area contributed by atoms with Crippen molar-refractivity contribution in [2.45, 2.75) is 18.9 Å². The Morgan fingerprint density at radius 1 is 1.15 bits per heavy atom. The molecule has 0 saturated carbocycles. The first kappa shape index (κ1) is 19.5. The molecule has 2 aromatic rings. The normalized spacial score (nSPS) is 18.4. The van der Waals surface area contributed by atoms with E-state index in [2.05, 4.69) is 52.5 Å². The number of nitrogens with one attached hydrogen (secondary N) is 1. The molecule has 1 heterocycles. The van der Waals surface area contributed by atoms with Crippen LogP contribution in [0.2, 0.25) is 0 Å². The van der Waals surface area contributed by atoms with E-state index in [1.165, 1.54) is 17.7 Å². The molecule has 0 unspecified atom stereocenters. The van der Waals surface area contributed by atoms with Gasteiger partial charge in [-0.25, -0.2) is 4.39 Å². The summed E-state index contributed by atoms with van der Waals surface area (Å²) in [5, 5.41) is 2.96. The van der Waals surface area contributed by atoms with Crippen LogP contribution >= 0.6 is 0 Å². The van der Waals surface area contributed by atoms with Gasteiger partial charge in [0.1, 0.15) is 5.82 Å². The molecule has 1 saturated heterocycles. The van der Waals surface area contributed by atoms with Crippen LogP contribution in [0.1, 0.15) is 23.6 Å². The molecule has 4 nitrogen and oxygen atoms in total. The van der Waals surface area contributed by atoms with Crippen molar-refractivity contribution in [3.8, 4) is 0 Å². The van der Waals surface area contributed by atoms with E-state index in [4.69, 9.17) is 0 Å². The average molecular weight is 369 g/mol. The third-order valence-electron chi connectivity index (χ3n) is 5.08. The van der Waals surface area contributed by atoms with Gasteiger partial charge in [-0.2, -0.15) is 0 Å². The number of likely N-dealkylation sites (N-methyl/N-ethyl adjacent to an activating group) is 1. The van der Waals surface area contributed by atoms with Crippen molar-refractivity contribution in [2.75, 3.05) is 39.8 Å². The molecule has 1 amide bonds. The summed E-state index contributed by atoms with van der Waals surface area (Å²) in [6.07, 6.45) is 1.13. The van der Waals surface area contributed by atoms with Crippen molar-refractivity contribution in [1.29, 1.82) is 0 Å². The second-order valence-corrected chi connectivity index (χ2v) is 7.23. The molecule has 1 aliphatic rings. The number of halogens is 1. The van der Waals surface area contributed by atoms with Gasteiger partial charge in [-0.3, -0.25) is 9.69 Å². The Kier molecular flexibility index (Phi) is 6.96. The summed E-state index contributed by atoms with van der Waals surface area (Å²) in [6, 6.07) is 17.2. The van der Waals surface area contributed by atoms with Gasteiger partial charge in [-0.05, 0) is 36.7 Å². The summed E-state index contributed by atoms with van der Waals surface area (Å²) in [7, 11) is 2.17. The predicted molar refractivity (Wildman–Crippen MR) is 106 cm³/mol. The van der Waals surface area contributed by atoms with Crippen LogP contribution in [0.15, 0.2) is 54.6 Å². The molecule has 3 rings (SSSR count). The van der Waals surface area contributed by atoms with E-state index in [1.54, 1.807) is 12.1 Å². The molecule has 0 aromatic heterocycles. The maximum Gasteiger partial charge on any atom is 0.224 e. The zero-order chi connectivity index (χ0) is 19.1. The molecule has 144 valence electrons. The van der Waals surface area contributed by atoms with Gasteiger partial charge in [0.05, 0.1) is 6.42 Å². The zero-order valence-corrected chi connectivity index (χ0v) is 15.9. The average Bonchev–Trinajstić information content (AvgIpc) is 2.67. The molecular formula is C22H28FN3O. The second kappa shape index (κ2) is 9.62. The van der Waals surface area contributed by atoms with Crippen LogP contribution in [0.4, 0.5) is 4.39 Å². The van der Waals surface area contributed by atoms with Gasteiger partial charge in [0.15, 0.2) is 0 Å². The van der Waals surface area contributed by atoms with Gasteiger partial charge < -0.3 is 10.2 Å². The van der Waals surface area contributed by atoms with Gasteiger partial charge in [0.25, 0.3) is 0 Å². The highest BCUT2D eigenvalue weighted by Crippen LogP contribution is 2.24. The summed E-state index contributed by atoms with van der Waals surface area (Å²) < 4.78 is 13.2. The second-order valence-electron chi connectivity index (χ2n) is 7.23. The number of piperazine rings is 1. The van der Waals surface area contributed by atoms with Crippen molar-refractivity contribution in [1.82, 2.24) is 15.1 Å². The minimum absolute atomic E-state index is 0.0569. The molecule has 1 aliphatic heterocycles. The van der Waals surface area contributed by atoms with Crippen LogP contribution in [-0.2, 0) is 11.2 Å². The molecular weight excluding hydrogens is 341 g/mol. The van der Waals surface area contributed by atoms with E-state index in [-0.39, 0.29) is 18.1 Å². The fraction of sp³-hybridized carbons (Fsp3) is 0.409. The van der Waals surface area contributed by atoms with Crippen LogP contribution in [0.5, 0.6) is 0 Å². The van der Waals surface area contributed by atoms with E-state index in [1.807, 2.05) is 0 Å². The van der Waals surface area contributed by atoms with E-state index < -0.39 is 0 Å². The lowest BCUT2D eigenvalue weighted by Crippen LogP contribution is -2.47. The largest absolute Gasteiger partial charge is 0.356 e. The van der Waals surface area contributed by atoms with Gasteiger partial charge in [0, 0.05) is 38.8 Å². The Morgan fingerprint density at radius 3 is 2.74 bits per heavy atom. The highest BCUT2D eigenvalue weighted by atomic mass is 19.1. The third-order valence-corrected chi connectivity index (χ3v) is 5.08.